The van der Waals surface area contributed by atoms with Crippen molar-refractivity contribution in [3.05, 3.63) is 27.7 Å². The van der Waals surface area contributed by atoms with Crippen molar-refractivity contribution in [2.45, 2.75) is 82.5 Å². The first-order chi connectivity index (χ1) is 12.3. The molecule has 3 rings (SSSR count). The number of nitrogens with zero attached hydrogens (tertiary/aromatic N) is 2. The van der Waals surface area contributed by atoms with Gasteiger partial charge in [-0.05, 0) is 31.7 Å². The summed E-state index contributed by atoms with van der Waals surface area (Å²) >= 11 is 0. The molecular formula is C18H24F3N3O2. The van der Waals surface area contributed by atoms with E-state index in [0.717, 1.165) is 57.4 Å². The van der Waals surface area contributed by atoms with E-state index < -0.39 is 29.8 Å². The molecule has 5 nitrogen and oxygen atoms in total. The maximum absolute atomic E-state index is 13.1. The number of carbonyl (C=O) groups is 1. The number of carbonyl (C=O) groups excluding carboxylic acids is 1. The molecule has 2 aliphatic rings. The fourth-order valence-electron chi connectivity index (χ4n) is 3.46. The van der Waals surface area contributed by atoms with Crippen LogP contribution in [0.2, 0.25) is 0 Å². The highest BCUT2D eigenvalue weighted by atomic mass is 19.4. The Kier molecular flexibility index (Phi) is 5.67. The summed E-state index contributed by atoms with van der Waals surface area (Å²) in [6, 6.07) is 0.857. The van der Waals surface area contributed by atoms with Gasteiger partial charge in [-0.3, -0.25) is 9.59 Å². The van der Waals surface area contributed by atoms with Gasteiger partial charge in [-0.15, -0.1) is 0 Å². The molecular weight excluding hydrogens is 347 g/mol. The van der Waals surface area contributed by atoms with Crippen LogP contribution in [0.25, 0.3) is 0 Å². The molecule has 0 spiro atoms. The minimum atomic E-state index is -4.75. The van der Waals surface area contributed by atoms with Gasteiger partial charge in [0.1, 0.15) is 12.1 Å². The van der Waals surface area contributed by atoms with Gasteiger partial charge in [0, 0.05) is 12.0 Å². The second kappa shape index (κ2) is 7.80. The summed E-state index contributed by atoms with van der Waals surface area (Å²) in [7, 11) is 0. The highest BCUT2D eigenvalue weighted by Crippen LogP contribution is 2.40. The second-order valence-electron chi connectivity index (χ2n) is 7.33. The molecule has 1 aromatic heterocycles. The highest BCUT2D eigenvalue weighted by molar-refractivity contribution is 5.75. The van der Waals surface area contributed by atoms with Crippen LogP contribution in [0.4, 0.5) is 13.2 Å². The molecule has 0 aliphatic heterocycles. The van der Waals surface area contributed by atoms with E-state index in [-0.39, 0.29) is 17.7 Å². The Labute approximate surface area is 150 Å². The van der Waals surface area contributed by atoms with Crippen molar-refractivity contribution in [2.75, 3.05) is 0 Å². The van der Waals surface area contributed by atoms with E-state index in [2.05, 4.69) is 10.4 Å². The molecule has 1 N–H and O–H groups in total. The summed E-state index contributed by atoms with van der Waals surface area (Å²) in [6.45, 7) is -0.473. The van der Waals surface area contributed by atoms with Crippen molar-refractivity contribution in [1.82, 2.24) is 15.1 Å². The number of halogens is 3. The van der Waals surface area contributed by atoms with Crippen LogP contribution in [0.15, 0.2) is 10.9 Å². The molecule has 2 aliphatic carbocycles. The SMILES string of the molecule is O=C(Cn1nc(C2CC2)cc(C(F)(F)F)c1=O)NC1CCCCCCC1. The third kappa shape index (κ3) is 4.86. The molecule has 2 fully saturated rings. The number of amides is 1. The van der Waals surface area contributed by atoms with E-state index in [1.807, 2.05) is 0 Å². The summed E-state index contributed by atoms with van der Waals surface area (Å²) in [5, 5.41) is 6.88. The van der Waals surface area contributed by atoms with Crippen LogP contribution in [0.1, 0.15) is 75.0 Å². The topological polar surface area (TPSA) is 64.0 Å². The Bertz CT molecular complexity index is 703. The predicted octanol–water partition coefficient (Wildman–Crippen LogP) is 3.37. The van der Waals surface area contributed by atoms with E-state index in [4.69, 9.17) is 0 Å². The number of alkyl halides is 3. The molecule has 1 heterocycles. The molecule has 0 bridgehead atoms. The first-order valence-corrected chi connectivity index (χ1v) is 9.33. The van der Waals surface area contributed by atoms with Gasteiger partial charge in [-0.25, -0.2) is 4.68 Å². The average molecular weight is 371 g/mol. The Morgan fingerprint density at radius 1 is 1.12 bits per heavy atom. The van der Waals surface area contributed by atoms with Gasteiger partial charge >= 0.3 is 6.18 Å². The first-order valence-electron chi connectivity index (χ1n) is 9.33. The van der Waals surface area contributed by atoms with E-state index in [9.17, 15) is 22.8 Å². The monoisotopic (exact) mass is 371 g/mol. The quantitative estimate of drug-likeness (QED) is 0.883. The summed E-state index contributed by atoms with van der Waals surface area (Å²) in [5.41, 5.74) is -2.25. The molecule has 0 saturated heterocycles. The molecule has 2 saturated carbocycles. The van der Waals surface area contributed by atoms with E-state index in [0.29, 0.717) is 4.68 Å². The van der Waals surface area contributed by atoms with Crippen LogP contribution < -0.4 is 10.9 Å². The fourth-order valence-corrected chi connectivity index (χ4v) is 3.46. The maximum Gasteiger partial charge on any atom is 0.421 e. The van der Waals surface area contributed by atoms with Crippen molar-refractivity contribution in [3.63, 3.8) is 0 Å². The van der Waals surface area contributed by atoms with E-state index in [1.54, 1.807) is 0 Å². The third-order valence-electron chi connectivity index (χ3n) is 5.06. The van der Waals surface area contributed by atoms with Crippen LogP contribution in [0.5, 0.6) is 0 Å². The molecule has 0 radical (unpaired) electrons. The average Bonchev–Trinajstić information content (AvgIpc) is 3.35. The fraction of sp³-hybridized carbons (Fsp3) is 0.722. The summed E-state index contributed by atoms with van der Waals surface area (Å²) < 4.78 is 40.1. The molecule has 144 valence electrons. The van der Waals surface area contributed by atoms with Crippen molar-refractivity contribution in [1.29, 1.82) is 0 Å². The molecule has 1 aromatic rings. The van der Waals surface area contributed by atoms with Crippen molar-refractivity contribution < 1.29 is 18.0 Å². The maximum atomic E-state index is 13.1. The van der Waals surface area contributed by atoms with Crippen LogP contribution in [-0.4, -0.2) is 21.7 Å². The largest absolute Gasteiger partial charge is 0.421 e. The predicted molar refractivity (Wildman–Crippen MR) is 89.7 cm³/mol. The molecule has 0 atom stereocenters. The summed E-state index contributed by atoms with van der Waals surface area (Å²) in [5.74, 6) is -0.497. The zero-order valence-electron chi connectivity index (χ0n) is 14.6. The number of hydrogen-bond donors (Lipinski definition) is 1. The molecule has 1 amide bonds. The Hall–Kier alpha value is -1.86. The van der Waals surface area contributed by atoms with Crippen molar-refractivity contribution in [3.8, 4) is 0 Å². The lowest BCUT2D eigenvalue weighted by molar-refractivity contribution is -0.139. The Morgan fingerprint density at radius 3 is 2.31 bits per heavy atom. The first kappa shape index (κ1) is 18.9. The summed E-state index contributed by atoms with van der Waals surface area (Å²) in [4.78, 5) is 24.4. The van der Waals surface area contributed by atoms with Gasteiger partial charge < -0.3 is 5.32 Å². The Balaban J connectivity index is 1.74. The molecule has 26 heavy (non-hydrogen) atoms. The standard InChI is InChI=1S/C18H24F3N3O2/c19-18(20,21)14-10-15(12-8-9-12)23-24(17(14)26)11-16(25)22-13-6-4-2-1-3-5-7-13/h10,12-13H,1-9,11H2,(H,22,25). The van der Waals surface area contributed by atoms with Crippen molar-refractivity contribution in [2.24, 2.45) is 0 Å². The Morgan fingerprint density at radius 2 is 1.73 bits per heavy atom. The number of aromatic nitrogens is 2. The van der Waals surface area contributed by atoms with Gasteiger partial charge in [0.25, 0.3) is 5.56 Å². The lowest BCUT2D eigenvalue weighted by Crippen LogP contribution is -2.41. The van der Waals surface area contributed by atoms with Crippen LogP contribution in [0.3, 0.4) is 0 Å². The van der Waals surface area contributed by atoms with E-state index in [1.165, 1.54) is 6.42 Å². The number of rotatable bonds is 4. The molecule has 0 aromatic carbocycles. The lowest BCUT2D eigenvalue weighted by Gasteiger charge is -2.21. The number of hydrogen-bond acceptors (Lipinski definition) is 3. The van der Waals surface area contributed by atoms with Crippen molar-refractivity contribution >= 4 is 5.91 Å². The second-order valence-corrected chi connectivity index (χ2v) is 7.33. The van der Waals surface area contributed by atoms with Gasteiger partial charge in [0.05, 0.1) is 5.69 Å². The van der Waals surface area contributed by atoms with Gasteiger partial charge in [0.2, 0.25) is 5.91 Å². The third-order valence-corrected chi connectivity index (χ3v) is 5.06. The minimum absolute atomic E-state index is 0.0206. The van der Waals surface area contributed by atoms with Crippen LogP contribution >= 0.6 is 0 Å². The normalized spacial score (nSPS) is 19.7. The van der Waals surface area contributed by atoms with Gasteiger partial charge in [-0.2, -0.15) is 18.3 Å². The minimum Gasteiger partial charge on any atom is -0.352 e. The van der Waals surface area contributed by atoms with Gasteiger partial charge in [-0.1, -0.05) is 32.1 Å². The van der Waals surface area contributed by atoms with Gasteiger partial charge in [0.15, 0.2) is 0 Å². The molecule has 0 unspecified atom stereocenters. The molecule has 8 heteroatoms. The van der Waals surface area contributed by atoms with E-state index >= 15 is 0 Å². The van der Waals surface area contributed by atoms with Crippen LogP contribution in [-0.2, 0) is 17.5 Å². The van der Waals surface area contributed by atoms with Crippen LogP contribution in [0, 0.1) is 0 Å². The number of nitrogens with one attached hydrogen (secondary N) is 1. The smallest absolute Gasteiger partial charge is 0.352 e. The summed E-state index contributed by atoms with van der Waals surface area (Å²) in [6.07, 6.45) is 4.02. The lowest BCUT2D eigenvalue weighted by atomic mass is 9.97. The highest BCUT2D eigenvalue weighted by Gasteiger charge is 2.37. The zero-order valence-corrected chi connectivity index (χ0v) is 14.6. The zero-order chi connectivity index (χ0) is 18.7.